The van der Waals surface area contributed by atoms with Crippen molar-refractivity contribution in [3.63, 3.8) is 0 Å². The van der Waals surface area contributed by atoms with Gasteiger partial charge in [0.2, 0.25) is 0 Å². The summed E-state index contributed by atoms with van der Waals surface area (Å²) in [4.78, 5) is 19.2. The molecular formula is C19H25N5O. The molecule has 132 valence electrons. The lowest BCUT2D eigenvalue weighted by Crippen LogP contribution is -2.45. The Morgan fingerprint density at radius 1 is 1.00 bits per heavy atom. The van der Waals surface area contributed by atoms with Crippen LogP contribution in [-0.4, -0.2) is 65.2 Å². The Morgan fingerprint density at radius 3 is 2.36 bits per heavy atom. The van der Waals surface area contributed by atoms with Crippen molar-refractivity contribution in [3.8, 4) is 0 Å². The van der Waals surface area contributed by atoms with Crippen molar-refractivity contribution in [2.75, 3.05) is 44.2 Å². The third-order valence-corrected chi connectivity index (χ3v) is 5.22. The number of hydrogen-bond donors (Lipinski definition) is 1. The Balaban J connectivity index is 1.30. The molecule has 1 aromatic heterocycles. The molecule has 6 heteroatoms. The van der Waals surface area contributed by atoms with Crippen molar-refractivity contribution in [1.82, 2.24) is 20.0 Å². The molecule has 0 spiro atoms. The number of carbonyl (C=O) groups excluding carboxylic acids is 1. The van der Waals surface area contributed by atoms with Gasteiger partial charge >= 0.3 is 0 Å². The summed E-state index contributed by atoms with van der Waals surface area (Å²) in [7, 11) is 0. The van der Waals surface area contributed by atoms with Gasteiger partial charge in [-0.05, 0) is 30.5 Å². The zero-order valence-corrected chi connectivity index (χ0v) is 14.5. The number of nitrogens with zero attached hydrogens (tertiary/aromatic N) is 4. The number of rotatable bonds is 4. The molecule has 2 fully saturated rings. The standard InChI is InChI=1S/C19H25N5O/c25-19(24-7-1-2-8-24)17-5-3-16(4-6-17)15-22-9-11-23(12-10-22)18-13-20-21-14-18/h3-6,13-14H,1-2,7-12,15H2,(H,20,21). The first-order valence-electron chi connectivity index (χ1n) is 9.14. The van der Waals surface area contributed by atoms with Gasteiger partial charge in [0, 0.05) is 57.6 Å². The lowest BCUT2D eigenvalue weighted by Gasteiger charge is -2.35. The van der Waals surface area contributed by atoms with Crippen molar-refractivity contribution >= 4 is 11.6 Å². The molecule has 25 heavy (non-hydrogen) atoms. The van der Waals surface area contributed by atoms with Crippen LogP contribution in [0, 0.1) is 0 Å². The Bertz CT molecular complexity index is 683. The minimum absolute atomic E-state index is 0.178. The van der Waals surface area contributed by atoms with E-state index in [4.69, 9.17) is 0 Å². The van der Waals surface area contributed by atoms with E-state index in [1.54, 1.807) is 0 Å². The topological polar surface area (TPSA) is 55.5 Å². The number of benzene rings is 1. The molecule has 1 N–H and O–H groups in total. The second-order valence-electron chi connectivity index (χ2n) is 6.92. The highest BCUT2D eigenvalue weighted by molar-refractivity contribution is 5.94. The summed E-state index contributed by atoms with van der Waals surface area (Å²) in [5, 5.41) is 6.90. The fourth-order valence-electron chi connectivity index (χ4n) is 3.69. The first-order chi connectivity index (χ1) is 12.3. The maximum absolute atomic E-state index is 12.4. The van der Waals surface area contributed by atoms with Crippen molar-refractivity contribution in [1.29, 1.82) is 0 Å². The number of hydrogen-bond acceptors (Lipinski definition) is 4. The van der Waals surface area contributed by atoms with Crippen LogP contribution in [0.4, 0.5) is 5.69 Å². The molecule has 0 unspecified atom stereocenters. The molecule has 2 saturated heterocycles. The maximum atomic E-state index is 12.4. The van der Waals surface area contributed by atoms with E-state index in [1.807, 2.05) is 29.4 Å². The van der Waals surface area contributed by atoms with Crippen molar-refractivity contribution in [2.24, 2.45) is 0 Å². The Kier molecular flexibility index (Phi) is 4.70. The number of amides is 1. The summed E-state index contributed by atoms with van der Waals surface area (Å²) in [6.45, 7) is 6.87. The minimum atomic E-state index is 0.178. The number of carbonyl (C=O) groups is 1. The molecule has 1 aromatic carbocycles. The van der Waals surface area contributed by atoms with E-state index in [2.05, 4.69) is 32.1 Å². The van der Waals surface area contributed by atoms with Crippen LogP contribution in [0.1, 0.15) is 28.8 Å². The Morgan fingerprint density at radius 2 is 1.72 bits per heavy atom. The third-order valence-electron chi connectivity index (χ3n) is 5.22. The highest BCUT2D eigenvalue weighted by Gasteiger charge is 2.20. The molecule has 3 heterocycles. The predicted octanol–water partition coefficient (Wildman–Crippen LogP) is 1.97. The summed E-state index contributed by atoms with van der Waals surface area (Å²) in [5.74, 6) is 0.178. The van der Waals surface area contributed by atoms with Crippen LogP contribution < -0.4 is 4.90 Å². The zero-order chi connectivity index (χ0) is 17.1. The van der Waals surface area contributed by atoms with Crippen LogP contribution in [0.15, 0.2) is 36.7 Å². The smallest absolute Gasteiger partial charge is 0.253 e. The van der Waals surface area contributed by atoms with Crippen LogP contribution in [0.25, 0.3) is 0 Å². The summed E-state index contributed by atoms with van der Waals surface area (Å²) >= 11 is 0. The number of anilines is 1. The first-order valence-corrected chi connectivity index (χ1v) is 9.14. The van der Waals surface area contributed by atoms with Crippen molar-refractivity contribution in [3.05, 3.63) is 47.8 Å². The maximum Gasteiger partial charge on any atom is 0.253 e. The van der Waals surface area contributed by atoms with E-state index in [1.165, 1.54) is 11.3 Å². The summed E-state index contributed by atoms with van der Waals surface area (Å²) < 4.78 is 0. The fourth-order valence-corrected chi connectivity index (χ4v) is 3.69. The van der Waals surface area contributed by atoms with E-state index in [0.29, 0.717) is 0 Å². The third kappa shape index (κ3) is 3.69. The molecule has 0 atom stereocenters. The van der Waals surface area contributed by atoms with Crippen molar-refractivity contribution in [2.45, 2.75) is 19.4 Å². The summed E-state index contributed by atoms with van der Waals surface area (Å²) in [5.41, 5.74) is 3.26. The second kappa shape index (κ2) is 7.27. The largest absolute Gasteiger partial charge is 0.366 e. The van der Waals surface area contributed by atoms with Gasteiger partial charge in [0.25, 0.3) is 5.91 Å². The zero-order valence-electron chi connectivity index (χ0n) is 14.5. The van der Waals surface area contributed by atoms with Gasteiger partial charge in [-0.25, -0.2) is 0 Å². The average molecular weight is 339 g/mol. The minimum Gasteiger partial charge on any atom is -0.366 e. The van der Waals surface area contributed by atoms with E-state index in [0.717, 1.165) is 64.2 Å². The van der Waals surface area contributed by atoms with Gasteiger partial charge in [-0.3, -0.25) is 14.8 Å². The lowest BCUT2D eigenvalue weighted by molar-refractivity contribution is 0.0793. The Labute approximate surface area is 148 Å². The van der Waals surface area contributed by atoms with Crippen LogP contribution >= 0.6 is 0 Å². The molecule has 1 amide bonds. The molecule has 2 aromatic rings. The molecule has 2 aliphatic heterocycles. The highest BCUT2D eigenvalue weighted by atomic mass is 16.2. The van der Waals surface area contributed by atoms with Crippen LogP contribution in [-0.2, 0) is 6.54 Å². The summed E-state index contributed by atoms with van der Waals surface area (Å²) in [6.07, 6.45) is 6.10. The molecule has 0 radical (unpaired) electrons. The van der Waals surface area contributed by atoms with E-state index in [-0.39, 0.29) is 5.91 Å². The van der Waals surface area contributed by atoms with E-state index < -0.39 is 0 Å². The lowest BCUT2D eigenvalue weighted by atomic mass is 10.1. The van der Waals surface area contributed by atoms with Gasteiger partial charge in [0.05, 0.1) is 11.9 Å². The second-order valence-corrected chi connectivity index (χ2v) is 6.92. The monoisotopic (exact) mass is 339 g/mol. The van der Waals surface area contributed by atoms with Crippen LogP contribution in [0.3, 0.4) is 0 Å². The molecule has 0 saturated carbocycles. The van der Waals surface area contributed by atoms with Gasteiger partial charge in [-0.1, -0.05) is 12.1 Å². The number of likely N-dealkylation sites (tertiary alicyclic amines) is 1. The van der Waals surface area contributed by atoms with Gasteiger partial charge in [0.1, 0.15) is 0 Å². The first kappa shape index (κ1) is 16.1. The quantitative estimate of drug-likeness (QED) is 0.925. The molecule has 0 aliphatic carbocycles. The van der Waals surface area contributed by atoms with Gasteiger partial charge in [-0.15, -0.1) is 0 Å². The predicted molar refractivity (Wildman–Crippen MR) is 97.7 cm³/mol. The fraction of sp³-hybridized carbons (Fsp3) is 0.474. The number of H-pyrrole nitrogens is 1. The number of piperazine rings is 1. The van der Waals surface area contributed by atoms with Gasteiger partial charge in [-0.2, -0.15) is 5.10 Å². The normalized spacial score (nSPS) is 18.7. The van der Waals surface area contributed by atoms with Crippen molar-refractivity contribution < 1.29 is 4.79 Å². The molecule has 2 aliphatic rings. The van der Waals surface area contributed by atoms with Gasteiger partial charge < -0.3 is 9.80 Å². The molecule has 0 bridgehead atoms. The van der Waals surface area contributed by atoms with E-state index in [9.17, 15) is 4.79 Å². The number of aromatic nitrogens is 2. The van der Waals surface area contributed by atoms with Crippen LogP contribution in [0.5, 0.6) is 0 Å². The van der Waals surface area contributed by atoms with Gasteiger partial charge in [0.15, 0.2) is 0 Å². The highest BCUT2D eigenvalue weighted by Crippen LogP contribution is 2.17. The molecule has 4 rings (SSSR count). The number of aromatic amines is 1. The van der Waals surface area contributed by atoms with E-state index >= 15 is 0 Å². The Hall–Kier alpha value is -2.34. The average Bonchev–Trinajstić information content (AvgIpc) is 3.36. The number of nitrogens with one attached hydrogen (secondary N) is 1. The summed E-state index contributed by atoms with van der Waals surface area (Å²) in [6, 6.07) is 8.17. The molecule has 6 nitrogen and oxygen atoms in total. The molecular weight excluding hydrogens is 314 g/mol. The van der Waals surface area contributed by atoms with Crippen LogP contribution in [0.2, 0.25) is 0 Å². The SMILES string of the molecule is O=C(c1ccc(CN2CCN(c3cn[nH]c3)CC2)cc1)N1CCCC1.